The second-order valence-electron chi connectivity index (χ2n) is 6.65. The van der Waals surface area contributed by atoms with Gasteiger partial charge in [-0.15, -0.1) is 0 Å². The van der Waals surface area contributed by atoms with Crippen LogP contribution in [0.1, 0.15) is 46.4 Å². The number of benzene rings is 1. The van der Waals surface area contributed by atoms with E-state index in [1.807, 2.05) is 23.1 Å². The van der Waals surface area contributed by atoms with Crippen LogP contribution in [0.4, 0.5) is 0 Å². The summed E-state index contributed by atoms with van der Waals surface area (Å²) in [4.78, 5) is 31.1. The van der Waals surface area contributed by atoms with Crippen molar-refractivity contribution in [3.63, 3.8) is 0 Å². The summed E-state index contributed by atoms with van der Waals surface area (Å²) in [5, 5.41) is 2.95. The molecule has 0 aliphatic carbocycles. The highest BCUT2D eigenvalue weighted by Gasteiger charge is 2.27. The second-order valence-corrected chi connectivity index (χ2v) is 6.65. The van der Waals surface area contributed by atoms with Crippen molar-refractivity contribution >= 4 is 11.8 Å². The van der Waals surface area contributed by atoms with E-state index in [9.17, 15) is 9.59 Å². The van der Waals surface area contributed by atoms with Crippen LogP contribution >= 0.6 is 0 Å². The fourth-order valence-corrected chi connectivity index (χ4v) is 3.41. The molecule has 0 radical (unpaired) electrons. The summed E-state index contributed by atoms with van der Waals surface area (Å²) in [6.45, 7) is 1.28. The van der Waals surface area contributed by atoms with Gasteiger partial charge in [-0.1, -0.05) is 18.2 Å². The summed E-state index contributed by atoms with van der Waals surface area (Å²) in [5.41, 5.74) is 1.22. The molecule has 0 saturated carbocycles. The Hall–Kier alpha value is -2.89. The quantitative estimate of drug-likeness (QED) is 0.852. The van der Waals surface area contributed by atoms with Gasteiger partial charge in [-0.3, -0.25) is 9.59 Å². The third kappa shape index (κ3) is 4.84. The van der Waals surface area contributed by atoms with Crippen LogP contribution in [0, 0.1) is 0 Å². The fourth-order valence-electron chi connectivity index (χ4n) is 3.41. The van der Waals surface area contributed by atoms with Crippen molar-refractivity contribution in [3.05, 3.63) is 59.8 Å². The van der Waals surface area contributed by atoms with Gasteiger partial charge < -0.3 is 15.0 Å². The minimum absolute atomic E-state index is 0.00996. The summed E-state index contributed by atoms with van der Waals surface area (Å²) in [7, 11) is 1.55. The number of pyridine rings is 1. The van der Waals surface area contributed by atoms with Gasteiger partial charge in [0.05, 0.1) is 12.7 Å². The standard InChI is InChI=1S/C21H25N3O3/c1-27-19-11-10-17(15-23-19)21(26)24-14-6-5-9-18(24)12-13-22-20(25)16-7-3-2-4-8-16/h2-4,7-8,10-11,15,18H,5-6,9,12-14H2,1H3,(H,22,25)/t18-/m1/s1. The number of aromatic nitrogens is 1. The lowest BCUT2D eigenvalue weighted by molar-refractivity contribution is 0.0601. The van der Waals surface area contributed by atoms with E-state index in [4.69, 9.17) is 4.74 Å². The highest BCUT2D eigenvalue weighted by atomic mass is 16.5. The van der Waals surface area contributed by atoms with E-state index in [2.05, 4.69) is 10.3 Å². The van der Waals surface area contributed by atoms with E-state index < -0.39 is 0 Å². The highest BCUT2D eigenvalue weighted by Crippen LogP contribution is 2.22. The first-order valence-corrected chi connectivity index (χ1v) is 9.33. The van der Waals surface area contributed by atoms with Crippen molar-refractivity contribution in [3.8, 4) is 5.88 Å². The van der Waals surface area contributed by atoms with Crippen LogP contribution in [0.25, 0.3) is 0 Å². The highest BCUT2D eigenvalue weighted by molar-refractivity contribution is 5.94. The molecule has 1 aromatic heterocycles. The Morgan fingerprint density at radius 2 is 1.96 bits per heavy atom. The van der Waals surface area contributed by atoms with E-state index in [0.29, 0.717) is 23.6 Å². The fraction of sp³-hybridized carbons (Fsp3) is 0.381. The Morgan fingerprint density at radius 3 is 2.67 bits per heavy atom. The number of methoxy groups -OCH3 is 1. The first kappa shape index (κ1) is 18.9. The number of piperidine rings is 1. The Kier molecular flexibility index (Phi) is 6.41. The van der Waals surface area contributed by atoms with Crippen molar-refractivity contribution in [2.24, 2.45) is 0 Å². The van der Waals surface area contributed by atoms with Crippen LogP contribution < -0.4 is 10.1 Å². The second kappa shape index (κ2) is 9.16. The normalized spacial score (nSPS) is 16.6. The van der Waals surface area contributed by atoms with Crippen LogP contribution in [0.15, 0.2) is 48.7 Å². The van der Waals surface area contributed by atoms with E-state index in [1.54, 1.807) is 37.6 Å². The van der Waals surface area contributed by atoms with Gasteiger partial charge in [0.15, 0.2) is 0 Å². The van der Waals surface area contributed by atoms with Gasteiger partial charge >= 0.3 is 0 Å². The molecule has 2 aromatic rings. The zero-order valence-electron chi connectivity index (χ0n) is 15.6. The maximum atomic E-state index is 12.9. The van der Waals surface area contributed by atoms with Gasteiger partial charge in [-0.25, -0.2) is 4.98 Å². The monoisotopic (exact) mass is 367 g/mol. The van der Waals surface area contributed by atoms with Gasteiger partial charge in [0, 0.05) is 37.0 Å². The number of hydrogen-bond acceptors (Lipinski definition) is 4. The Bertz CT molecular complexity index is 762. The molecule has 142 valence electrons. The lowest BCUT2D eigenvalue weighted by Crippen LogP contribution is -2.45. The summed E-state index contributed by atoms with van der Waals surface area (Å²) >= 11 is 0. The number of carbonyl (C=O) groups excluding carboxylic acids is 2. The third-order valence-electron chi connectivity index (χ3n) is 4.88. The molecule has 0 bridgehead atoms. The largest absolute Gasteiger partial charge is 0.481 e. The summed E-state index contributed by atoms with van der Waals surface area (Å²) in [6.07, 6.45) is 5.36. The Balaban J connectivity index is 1.58. The van der Waals surface area contributed by atoms with Gasteiger partial charge in [0.1, 0.15) is 0 Å². The maximum Gasteiger partial charge on any atom is 0.255 e. The minimum Gasteiger partial charge on any atom is -0.481 e. The molecule has 2 amide bonds. The first-order valence-electron chi connectivity index (χ1n) is 9.33. The molecule has 1 N–H and O–H groups in total. The number of nitrogens with one attached hydrogen (secondary N) is 1. The molecule has 1 atom stereocenters. The number of carbonyl (C=O) groups is 2. The van der Waals surface area contributed by atoms with Gasteiger partial charge in [-0.05, 0) is 43.9 Å². The van der Waals surface area contributed by atoms with Crippen molar-refractivity contribution in [1.82, 2.24) is 15.2 Å². The molecule has 6 nitrogen and oxygen atoms in total. The average molecular weight is 367 g/mol. The predicted molar refractivity (Wildman–Crippen MR) is 103 cm³/mol. The number of ether oxygens (including phenoxy) is 1. The molecule has 0 unspecified atom stereocenters. The number of nitrogens with zero attached hydrogens (tertiary/aromatic N) is 2. The molecule has 1 fully saturated rings. The number of likely N-dealkylation sites (tertiary alicyclic amines) is 1. The molecule has 6 heteroatoms. The van der Waals surface area contributed by atoms with Gasteiger partial charge in [0.2, 0.25) is 5.88 Å². The van der Waals surface area contributed by atoms with E-state index in [0.717, 1.165) is 32.2 Å². The SMILES string of the molecule is COc1ccc(C(=O)N2CCCC[C@@H]2CCNC(=O)c2ccccc2)cn1. The van der Waals surface area contributed by atoms with Crippen LogP contribution in [0.5, 0.6) is 5.88 Å². The molecule has 2 heterocycles. The zero-order chi connectivity index (χ0) is 19.1. The summed E-state index contributed by atoms with van der Waals surface area (Å²) in [6, 6.07) is 12.7. The zero-order valence-corrected chi connectivity index (χ0v) is 15.6. The number of hydrogen-bond donors (Lipinski definition) is 1. The molecule has 27 heavy (non-hydrogen) atoms. The maximum absolute atomic E-state index is 12.9. The van der Waals surface area contributed by atoms with Gasteiger partial charge in [-0.2, -0.15) is 0 Å². The molecule has 1 aliphatic rings. The molecule has 3 rings (SSSR count). The lowest BCUT2D eigenvalue weighted by atomic mass is 9.98. The van der Waals surface area contributed by atoms with E-state index >= 15 is 0 Å². The molecule has 1 aromatic carbocycles. The molecular weight excluding hydrogens is 342 g/mol. The summed E-state index contributed by atoms with van der Waals surface area (Å²) < 4.78 is 5.05. The van der Waals surface area contributed by atoms with Crippen molar-refractivity contribution in [2.45, 2.75) is 31.7 Å². The smallest absolute Gasteiger partial charge is 0.255 e. The molecule has 0 spiro atoms. The van der Waals surface area contributed by atoms with Crippen molar-refractivity contribution < 1.29 is 14.3 Å². The van der Waals surface area contributed by atoms with Crippen LogP contribution in [0.2, 0.25) is 0 Å². The minimum atomic E-state index is -0.0800. The Labute approximate surface area is 159 Å². The van der Waals surface area contributed by atoms with E-state index in [-0.39, 0.29) is 17.9 Å². The van der Waals surface area contributed by atoms with E-state index in [1.165, 1.54) is 0 Å². The lowest BCUT2D eigenvalue weighted by Gasteiger charge is -2.36. The van der Waals surface area contributed by atoms with Crippen LogP contribution in [-0.2, 0) is 0 Å². The molecular formula is C21H25N3O3. The topological polar surface area (TPSA) is 71.5 Å². The van der Waals surface area contributed by atoms with Crippen molar-refractivity contribution in [1.29, 1.82) is 0 Å². The molecule has 1 saturated heterocycles. The predicted octanol–water partition coefficient (Wildman–Crippen LogP) is 2.91. The van der Waals surface area contributed by atoms with Crippen LogP contribution in [0.3, 0.4) is 0 Å². The van der Waals surface area contributed by atoms with Gasteiger partial charge in [0.25, 0.3) is 11.8 Å². The first-order chi connectivity index (χ1) is 13.2. The average Bonchev–Trinajstić information content (AvgIpc) is 2.74. The Morgan fingerprint density at radius 1 is 1.15 bits per heavy atom. The molecule has 1 aliphatic heterocycles. The number of rotatable bonds is 6. The van der Waals surface area contributed by atoms with Crippen LogP contribution in [-0.4, -0.2) is 47.9 Å². The number of amides is 2. The third-order valence-corrected chi connectivity index (χ3v) is 4.88. The van der Waals surface area contributed by atoms with Crippen molar-refractivity contribution in [2.75, 3.05) is 20.2 Å². The summed E-state index contributed by atoms with van der Waals surface area (Å²) in [5.74, 6) is 0.401.